The summed E-state index contributed by atoms with van der Waals surface area (Å²) in [6, 6.07) is 0. The zero-order chi connectivity index (χ0) is 9.97. The van der Waals surface area contributed by atoms with Crippen LogP contribution in [0.2, 0.25) is 0 Å². The van der Waals surface area contributed by atoms with Gasteiger partial charge in [-0.25, -0.2) is 0 Å². The number of carbonyl (C=O) groups is 1. The molecule has 1 aromatic heterocycles. The summed E-state index contributed by atoms with van der Waals surface area (Å²) >= 11 is 0. The van der Waals surface area contributed by atoms with Gasteiger partial charge in [0.25, 0.3) is 5.91 Å². The molecule has 2 heterocycles. The van der Waals surface area contributed by atoms with Gasteiger partial charge in [0, 0.05) is 13.1 Å². The van der Waals surface area contributed by atoms with Crippen LogP contribution in [0.25, 0.3) is 0 Å². The number of hydrogen-bond donors (Lipinski definition) is 2. The van der Waals surface area contributed by atoms with Gasteiger partial charge < -0.3 is 10.6 Å². The fourth-order valence-corrected chi connectivity index (χ4v) is 1.45. The van der Waals surface area contributed by atoms with Crippen LogP contribution >= 0.6 is 0 Å². The van der Waals surface area contributed by atoms with E-state index in [1.165, 1.54) is 6.20 Å². The third-order valence-corrected chi connectivity index (χ3v) is 2.23. The minimum atomic E-state index is -0.0793. The Balaban J connectivity index is 2.16. The van der Waals surface area contributed by atoms with Gasteiger partial charge in [-0.2, -0.15) is 5.10 Å². The Morgan fingerprint density at radius 3 is 3.00 bits per heavy atom. The molecule has 0 spiro atoms. The second-order valence-corrected chi connectivity index (χ2v) is 3.21. The predicted octanol–water partition coefficient (Wildman–Crippen LogP) is 0.394. The van der Waals surface area contributed by atoms with Crippen molar-refractivity contribution in [2.45, 2.75) is 6.42 Å². The van der Waals surface area contributed by atoms with E-state index in [1.807, 2.05) is 6.08 Å². The lowest BCUT2D eigenvalue weighted by molar-refractivity contribution is 0.0766. The van der Waals surface area contributed by atoms with Crippen LogP contribution in [-0.4, -0.2) is 34.1 Å². The molecule has 0 unspecified atom stereocenters. The van der Waals surface area contributed by atoms with Crippen molar-refractivity contribution < 1.29 is 4.79 Å². The van der Waals surface area contributed by atoms with E-state index in [2.05, 4.69) is 16.3 Å². The molecule has 0 aromatic carbocycles. The zero-order valence-electron chi connectivity index (χ0n) is 7.73. The van der Waals surface area contributed by atoms with Crippen LogP contribution in [0.4, 0.5) is 5.69 Å². The van der Waals surface area contributed by atoms with Gasteiger partial charge in [0.1, 0.15) is 5.69 Å². The highest BCUT2D eigenvalue weighted by atomic mass is 16.2. The smallest absolute Gasteiger partial charge is 0.274 e. The summed E-state index contributed by atoms with van der Waals surface area (Å²) in [5, 5.41) is 6.33. The topological polar surface area (TPSA) is 75.0 Å². The van der Waals surface area contributed by atoms with Gasteiger partial charge in [-0.05, 0) is 6.42 Å². The number of hydrogen-bond acceptors (Lipinski definition) is 3. The van der Waals surface area contributed by atoms with E-state index in [0.29, 0.717) is 17.9 Å². The summed E-state index contributed by atoms with van der Waals surface area (Å²) in [7, 11) is 0. The summed E-state index contributed by atoms with van der Waals surface area (Å²) in [6.07, 6.45) is 6.40. The van der Waals surface area contributed by atoms with Gasteiger partial charge in [-0.3, -0.25) is 9.89 Å². The molecule has 1 aliphatic heterocycles. The average molecular weight is 192 g/mol. The summed E-state index contributed by atoms with van der Waals surface area (Å²) in [5.74, 6) is -0.0793. The van der Waals surface area contributed by atoms with Crippen LogP contribution in [0.3, 0.4) is 0 Å². The Labute approximate surface area is 81.6 Å². The van der Waals surface area contributed by atoms with Gasteiger partial charge in [-0.15, -0.1) is 0 Å². The Hall–Kier alpha value is -1.78. The quantitative estimate of drug-likeness (QED) is 0.632. The lowest BCUT2D eigenvalue weighted by Crippen LogP contribution is -2.34. The molecule has 5 heteroatoms. The third-order valence-electron chi connectivity index (χ3n) is 2.23. The van der Waals surface area contributed by atoms with E-state index >= 15 is 0 Å². The molecule has 2 rings (SSSR count). The molecular weight excluding hydrogens is 180 g/mol. The Kier molecular flexibility index (Phi) is 2.22. The van der Waals surface area contributed by atoms with E-state index in [-0.39, 0.29) is 5.91 Å². The largest absolute Gasteiger partial charge is 0.396 e. The standard InChI is InChI=1S/C9H12N4O/c10-7-6-11-12-8(7)9(14)13-4-2-1-3-5-13/h1-2,6H,3-5,10H2,(H,11,12). The maximum absolute atomic E-state index is 11.8. The molecule has 74 valence electrons. The maximum atomic E-state index is 11.8. The number of carbonyl (C=O) groups excluding carboxylic acids is 1. The summed E-state index contributed by atoms with van der Waals surface area (Å²) in [6.45, 7) is 1.39. The van der Waals surface area contributed by atoms with Crippen LogP contribution in [0.15, 0.2) is 18.3 Å². The van der Waals surface area contributed by atoms with E-state index < -0.39 is 0 Å². The molecule has 0 radical (unpaired) electrons. The van der Waals surface area contributed by atoms with Gasteiger partial charge in [0.05, 0.1) is 11.9 Å². The summed E-state index contributed by atoms with van der Waals surface area (Å²) < 4.78 is 0. The van der Waals surface area contributed by atoms with Crippen molar-refractivity contribution in [1.82, 2.24) is 15.1 Å². The first-order valence-electron chi connectivity index (χ1n) is 4.52. The van der Waals surface area contributed by atoms with Crippen LogP contribution < -0.4 is 5.73 Å². The van der Waals surface area contributed by atoms with E-state index in [4.69, 9.17) is 5.73 Å². The average Bonchev–Trinajstić information content (AvgIpc) is 2.65. The van der Waals surface area contributed by atoms with Gasteiger partial charge >= 0.3 is 0 Å². The van der Waals surface area contributed by atoms with Crippen LogP contribution in [0, 0.1) is 0 Å². The molecule has 1 aliphatic rings. The number of aromatic amines is 1. The Morgan fingerprint density at radius 2 is 2.43 bits per heavy atom. The lowest BCUT2D eigenvalue weighted by Gasteiger charge is -2.22. The highest BCUT2D eigenvalue weighted by Gasteiger charge is 2.19. The van der Waals surface area contributed by atoms with Crippen molar-refractivity contribution in [1.29, 1.82) is 0 Å². The van der Waals surface area contributed by atoms with Crippen molar-refractivity contribution in [2.24, 2.45) is 0 Å². The minimum absolute atomic E-state index is 0.0793. The fourth-order valence-electron chi connectivity index (χ4n) is 1.45. The SMILES string of the molecule is Nc1cn[nH]c1C(=O)N1CC=CCC1. The molecule has 0 saturated heterocycles. The first-order valence-corrected chi connectivity index (χ1v) is 4.52. The van der Waals surface area contributed by atoms with Crippen molar-refractivity contribution in [2.75, 3.05) is 18.8 Å². The molecule has 3 N–H and O–H groups in total. The monoisotopic (exact) mass is 192 g/mol. The molecule has 5 nitrogen and oxygen atoms in total. The number of anilines is 1. The van der Waals surface area contributed by atoms with E-state index in [1.54, 1.807) is 4.90 Å². The van der Waals surface area contributed by atoms with E-state index in [9.17, 15) is 4.79 Å². The fraction of sp³-hybridized carbons (Fsp3) is 0.333. The summed E-state index contributed by atoms with van der Waals surface area (Å²) in [4.78, 5) is 13.6. The minimum Gasteiger partial charge on any atom is -0.396 e. The number of nitrogens with one attached hydrogen (secondary N) is 1. The van der Waals surface area contributed by atoms with Crippen LogP contribution in [0.1, 0.15) is 16.9 Å². The first kappa shape index (κ1) is 8.80. The van der Waals surface area contributed by atoms with Gasteiger partial charge in [0.15, 0.2) is 0 Å². The molecule has 0 saturated carbocycles. The van der Waals surface area contributed by atoms with Crippen LogP contribution in [0.5, 0.6) is 0 Å². The number of rotatable bonds is 1. The van der Waals surface area contributed by atoms with Crippen LogP contribution in [-0.2, 0) is 0 Å². The maximum Gasteiger partial charge on any atom is 0.274 e. The number of aromatic nitrogens is 2. The lowest BCUT2D eigenvalue weighted by atomic mass is 10.2. The second kappa shape index (κ2) is 3.53. The summed E-state index contributed by atoms with van der Waals surface area (Å²) in [5.41, 5.74) is 6.39. The molecule has 1 amide bonds. The molecule has 1 aromatic rings. The highest BCUT2D eigenvalue weighted by molar-refractivity contribution is 5.97. The number of amides is 1. The van der Waals surface area contributed by atoms with Gasteiger partial charge in [-0.1, -0.05) is 12.2 Å². The second-order valence-electron chi connectivity index (χ2n) is 3.21. The Morgan fingerprint density at radius 1 is 1.57 bits per heavy atom. The molecule has 14 heavy (non-hydrogen) atoms. The van der Waals surface area contributed by atoms with Crippen molar-refractivity contribution in [3.8, 4) is 0 Å². The zero-order valence-corrected chi connectivity index (χ0v) is 7.73. The first-order chi connectivity index (χ1) is 6.79. The predicted molar refractivity (Wildman–Crippen MR) is 52.7 cm³/mol. The number of nitrogen functional groups attached to an aromatic ring is 1. The molecular formula is C9H12N4O. The highest BCUT2D eigenvalue weighted by Crippen LogP contribution is 2.11. The van der Waals surface area contributed by atoms with Gasteiger partial charge in [0.2, 0.25) is 0 Å². The van der Waals surface area contributed by atoms with E-state index in [0.717, 1.165) is 13.0 Å². The molecule has 0 aliphatic carbocycles. The van der Waals surface area contributed by atoms with Crippen molar-refractivity contribution in [3.05, 3.63) is 24.0 Å². The molecule has 0 fully saturated rings. The van der Waals surface area contributed by atoms with Crippen molar-refractivity contribution in [3.63, 3.8) is 0 Å². The Bertz CT molecular complexity index is 369. The molecule has 0 atom stereocenters. The number of H-pyrrole nitrogens is 1. The number of nitrogens with two attached hydrogens (primary N) is 1. The number of nitrogens with zero attached hydrogens (tertiary/aromatic N) is 2. The van der Waals surface area contributed by atoms with Crippen molar-refractivity contribution >= 4 is 11.6 Å². The third kappa shape index (κ3) is 1.48. The normalized spacial score (nSPS) is 15.9. The molecule has 0 bridgehead atoms.